The van der Waals surface area contributed by atoms with Gasteiger partial charge in [-0.25, -0.2) is 0 Å². The zero-order valence-corrected chi connectivity index (χ0v) is 26.6. The van der Waals surface area contributed by atoms with Crippen LogP contribution in [0.5, 0.6) is 0 Å². The number of nitrogens with one attached hydrogen (secondary N) is 1. The van der Waals surface area contributed by atoms with Gasteiger partial charge in [-0.05, 0) is 12.8 Å². The first-order chi connectivity index (χ1) is 19.5. The Bertz CT molecular complexity index is 532. The van der Waals surface area contributed by atoms with Gasteiger partial charge in [0.15, 0.2) is 0 Å². The molecule has 4 atom stereocenters. The molecule has 0 spiro atoms. The fourth-order valence-electron chi connectivity index (χ4n) is 5.46. The van der Waals surface area contributed by atoms with Gasteiger partial charge in [-0.2, -0.15) is 0 Å². The normalized spacial score (nSPS) is 14.7. The fourth-order valence-corrected chi connectivity index (χ4v) is 5.46. The molecule has 0 rings (SSSR count). The standard InChI is InChI=1S/C34H69NO5/c1-3-5-7-9-11-13-15-17-19-21-23-25-27-31(37)33(39)30(29-36)35-34(40)32(38)28-26-24-22-20-18-16-14-12-10-8-6-4-2/h30-33,36-39H,3-29H2,1-2H3,(H,35,40)/t30-,31+,32+,33+/m0/s1. The summed E-state index contributed by atoms with van der Waals surface area (Å²) in [5.41, 5.74) is 0. The monoisotopic (exact) mass is 572 g/mol. The van der Waals surface area contributed by atoms with Gasteiger partial charge in [-0.3, -0.25) is 4.79 Å². The first kappa shape index (κ1) is 39.3. The van der Waals surface area contributed by atoms with Crippen molar-refractivity contribution in [2.45, 2.75) is 205 Å². The Labute approximate surface area is 248 Å². The van der Waals surface area contributed by atoms with Gasteiger partial charge in [-0.1, -0.05) is 168 Å². The van der Waals surface area contributed by atoms with Crippen LogP contribution in [0.4, 0.5) is 0 Å². The Kier molecular flexibility index (Phi) is 29.3. The number of rotatable bonds is 31. The van der Waals surface area contributed by atoms with Crippen molar-refractivity contribution in [2.75, 3.05) is 6.61 Å². The predicted molar refractivity (Wildman–Crippen MR) is 168 cm³/mol. The summed E-state index contributed by atoms with van der Waals surface area (Å²) >= 11 is 0. The second-order valence-corrected chi connectivity index (χ2v) is 12.2. The number of hydrogen-bond acceptors (Lipinski definition) is 5. The Morgan fingerprint density at radius 2 is 0.850 bits per heavy atom. The summed E-state index contributed by atoms with van der Waals surface area (Å²) in [6.45, 7) is 4.01. The molecule has 0 aliphatic rings. The van der Waals surface area contributed by atoms with Crippen LogP contribution < -0.4 is 5.32 Å². The van der Waals surface area contributed by atoms with Crippen molar-refractivity contribution >= 4 is 5.91 Å². The number of carbonyl (C=O) groups is 1. The molecule has 0 aromatic heterocycles. The lowest BCUT2D eigenvalue weighted by Gasteiger charge is -2.27. The summed E-state index contributed by atoms with van der Waals surface area (Å²) in [5, 5.41) is 43.3. The Morgan fingerprint density at radius 3 is 1.20 bits per heavy atom. The third kappa shape index (κ3) is 24.0. The van der Waals surface area contributed by atoms with Crippen LogP contribution in [0.2, 0.25) is 0 Å². The Morgan fingerprint density at radius 1 is 0.525 bits per heavy atom. The average Bonchev–Trinajstić information content (AvgIpc) is 2.96. The predicted octanol–water partition coefficient (Wildman–Crippen LogP) is 7.73. The molecule has 40 heavy (non-hydrogen) atoms. The van der Waals surface area contributed by atoms with Crippen LogP contribution in [0.15, 0.2) is 0 Å². The van der Waals surface area contributed by atoms with Crippen molar-refractivity contribution in [3.63, 3.8) is 0 Å². The van der Waals surface area contributed by atoms with E-state index in [1.54, 1.807) is 0 Å². The molecule has 0 aromatic carbocycles. The van der Waals surface area contributed by atoms with E-state index in [9.17, 15) is 25.2 Å². The maximum atomic E-state index is 12.4. The molecule has 0 aliphatic heterocycles. The van der Waals surface area contributed by atoms with Crippen LogP contribution in [0.25, 0.3) is 0 Å². The number of aliphatic hydroxyl groups excluding tert-OH is 4. The molecule has 0 bridgehead atoms. The lowest BCUT2D eigenvalue weighted by molar-refractivity contribution is -0.132. The topological polar surface area (TPSA) is 110 Å². The van der Waals surface area contributed by atoms with Crippen LogP contribution in [0.3, 0.4) is 0 Å². The highest BCUT2D eigenvalue weighted by molar-refractivity contribution is 5.80. The van der Waals surface area contributed by atoms with E-state index >= 15 is 0 Å². The van der Waals surface area contributed by atoms with Crippen molar-refractivity contribution in [2.24, 2.45) is 0 Å². The fraction of sp³-hybridized carbons (Fsp3) is 0.971. The molecule has 0 aliphatic carbocycles. The molecule has 0 aromatic rings. The third-order valence-corrected chi connectivity index (χ3v) is 8.32. The molecule has 240 valence electrons. The smallest absolute Gasteiger partial charge is 0.249 e. The SMILES string of the molecule is CCCCCCCCCCCCCC[C@@H](O)C(=O)N[C@@H](CO)[C@@H](O)[C@H](O)CCCCCCCCCCCCCC. The molecule has 0 fully saturated rings. The van der Waals surface area contributed by atoms with Crippen LogP contribution in [0, 0.1) is 0 Å². The van der Waals surface area contributed by atoms with Gasteiger partial charge in [0.25, 0.3) is 0 Å². The number of aliphatic hydroxyl groups is 4. The first-order valence-corrected chi connectivity index (χ1v) is 17.4. The minimum atomic E-state index is -1.25. The van der Waals surface area contributed by atoms with E-state index in [4.69, 9.17) is 0 Å². The van der Waals surface area contributed by atoms with Crippen molar-refractivity contribution in [3.05, 3.63) is 0 Å². The maximum Gasteiger partial charge on any atom is 0.249 e. The molecule has 6 nitrogen and oxygen atoms in total. The van der Waals surface area contributed by atoms with Crippen molar-refractivity contribution in [1.29, 1.82) is 0 Å². The summed E-state index contributed by atoms with van der Waals surface area (Å²) < 4.78 is 0. The maximum absolute atomic E-state index is 12.4. The molecule has 5 N–H and O–H groups in total. The molecule has 0 heterocycles. The minimum Gasteiger partial charge on any atom is -0.394 e. The molecule has 0 unspecified atom stereocenters. The van der Waals surface area contributed by atoms with Gasteiger partial charge in [0.2, 0.25) is 5.91 Å². The van der Waals surface area contributed by atoms with Gasteiger partial charge < -0.3 is 25.7 Å². The van der Waals surface area contributed by atoms with E-state index in [1.165, 1.54) is 116 Å². The van der Waals surface area contributed by atoms with Crippen molar-refractivity contribution in [3.8, 4) is 0 Å². The first-order valence-electron chi connectivity index (χ1n) is 17.4. The minimum absolute atomic E-state index is 0.374. The summed E-state index contributed by atoms with van der Waals surface area (Å²) in [7, 11) is 0. The lowest BCUT2D eigenvalue weighted by atomic mass is 9.99. The highest BCUT2D eigenvalue weighted by Crippen LogP contribution is 2.16. The molecule has 6 heteroatoms. The van der Waals surface area contributed by atoms with Crippen LogP contribution >= 0.6 is 0 Å². The van der Waals surface area contributed by atoms with Crippen molar-refractivity contribution in [1.82, 2.24) is 5.32 Å². The second-order valence-electron chi connectivity index (χ2n) is 12.2. The Hall–Kier alpha value is -0.690. The highest BCUT2D eigenvalue weighted by Gasteiger charge is 2.28. The summed E-state index contributed by atoms with van der Waals surface area (Å²) in [6, 6.07) is -0.976. The van der Waals surface area contributed by atoms with Crippen LogP contribution in [-0.4, -0.2) is 57.3 Å². The molecular weight excluding hydrogens is 502 g/mol. The van der Waals surface area contributed by atoms with E-state index in [1.807, 2.05) is 0 Å². The second kappa shape index (κ2) is 29.8. The Balaban J connectivity index is 3.83. The summed E-state index contributed by atoms with van der Waals surface area (Å²) in [5.74, 6) is -0.585. The van der Waals surface area contributed by atoms with Gasteiger partial charge >= 0.3 is 0 Å². The highest BCUT2D eigenvalue weighted by atomic mass is 16.3. The molecule has 0 saturated heterocycles. The molecule has 0 radical (unpaired) electrons. The van der Waals surface area contributed by atoms with E-state index in [-0.39, 0.29) is 0 Å². The van der Waals surface area contributed by atoms with Gasteiger partial charge in [0.1, 0.15) is 12.2 Å². The molecule has 0 saturated carbocycles. The number of amides is 1. The van der Waals surface area contributed by atoms with Gasteiger partial charge in [0.05, 0.1) is 18.8 Å². The van der Waals surface area contributed by atoms with E-state index in [2.05, 4.69) is 19.2 Å². The number of hydrogen-bond donors (Lipinski definition) is 5. The van der Waals surface area contributed by atoms with Crippen LogP contribution in [0.1, 0.15) is 181 Å². The van der Waals surface area contributed by atoms with E-state index < -0.39 is 36.9 Å². The third-order valence-electron chi connectivity index (χ3n) is 8.32. The quantitative estimate of drug-likeness (QED) is 0.0547. The van der Waals surface area contributed by atoms with Crippen molar-refractivity contribution < 1.29 is 25.2 Å². The van der Waals surface area contributed by atoms with Gasteiger partial charge in [-0.15, -0.1) is 0 Å². The van der Waals surface area contributed by atoms with E-state index in [0.717, 1.165) is 38.5 Å². The summed E-state index contributed by atoms with van der Waals surface area (Å²) in [6.07, 6.45) is 26.9. The van der Waals surface area contributed by atoms with Crippen LogP contribution in [-0.2, 0) is 4.79 Å². The molecular formula is C34H69NO5. The lowest BCUT2D eigenvalue weighted by Crippen LogP contribution is -2.53. The van der Waals surface area contributed by atoms with Gasteiger partial charge in [0, 0.05) is 0 Å². The zero-order chi connectivity index (χ0) is 29.7. The zero-order valence-electron chi connectivity index (χ0n) is 26.6. The largest absolute Gasteiger partial charge is 0.394 e. The molecule has 1 amide bonds. The number of unbranched alkanes of at least 4 members (excludes halogenated alkanes) is 22. The number of carbonyl (C=O) groups excluding carboxylic acids is 1. The van der Waals surface area contributed by atoms with E-state index in [0.29, 0.717) is 12.8 Å². The average molecular weight is 572 g/mol. The summed E-state index contributed by atoms with van der Waals surface area (Å²) in [4.78, 5) is 12.4.